The molecule has 0 spiro atoms. The van der Waals surface area contributed by atoms with Crippen LogP contribution in [-0.4, -0.2) is 23.1 Å². The molecular formula is C14H25N3O. The third-order valence-electron chi connectivity index (χ3n) is 2.48. The Morgan fingerprint density at radius 1 is 1.22 bits per heavy atom. The number of ether oxygens (including phenoxy) is 1. The smallest absolute Gasteiger partial charge is 0.156 e. The van der Waals surface area contributed by atoms with Crippen LogP contribution in [0.4, 0.5) is 5.82 Å². The molecule has 1 rings (SSSR count). The number of hydrogen-bond donors (Lipinski definition) is 1. The van der Waals surface area contributed by atoms with E-state index in [1.165, 1.54) is 0 Å². The first kappa shape index (κ1) is 14.9. The van der Waals surface area contributed by atoms with Gasteiger partial charge >= 0.3 is 0 Å². The fraction of sp³-hybridized carbons (Fsp3) is 0.714. The van der Waals surface area contributed by atoms with Gasteiger partial charge in [0, 0.05) is 24.6 Å². The lowest BCUT2D eigenvalue weighted by atomic mass is 9.92. The first-order chi connectivity index (χ1) is 8.47. The molecule has 1 N–H and O–H groups in total. The normalized spacial score (nSPS) is 11.6. The lowest BCUT2D eigenvalue weighted by molar-refractivity contribution is 0.116. The highest BCUT2D eigenvalue weighted by atomic mass is 16.5. The molecule has 4 heteroatoms. The van der Waals surface area contributed by atoms with E-state index in [9.17, 15) is 0 Å². The Labute approximate surface area is 110 Å². The Hall–Kier alpha value is -1.16. The average molecular weight is 251 g/mol. The molecule has 0 radical (unpaired) electrons. The molecule has 0 atom stereocenters. The van der Waals surface area contributed by atoms with Crippen LogP contribution in [0.25, 0.3) is 0 Å². The van der Waals surface area contributed by atoms with E-state index in [-0.39, 0.29) is 5.41 Å². The molecule has 0 saturated heterocycles. The molecule has 0 aliphatic carbocycles. The minimum atomic E-state index is 0.0205. The van der Waals surface area contributed by atoms with Gasteiger partial charge in [0.1, 0.15) is 12.4 Å². The Bertz CT molecular complexity index is 372. The number of anilines is 1. The fourth-order valence-electron chi connectivity index (χ4n) is 1.53. The van der Waals surface area contributed by atoms with Crippen LogP contribution in [0.2, 0.25) is 0 Å². The van der Waals surface area contributed by atoms with E-state index in [4.69, 9.17) is 4.74 Å². The largest absolute Gasteiger partial charge is 0.373 e. The van der Waals surface area contributed by atoms with Crippen LogP contribution >= 0.6 is 0 Å². The predicted octanol–water partition coefficient (Wildman–Crippen LogP) is 3.13. The predicted molar refractivity (Wildman–Crippen MR) is 74.8 cm³/mol. The van der Waals surface area contributed by atoms with Crippen molar-refractivity contribution in [3.05, 3.63) is 17.6 Å². The molecule has 1 aromatic rings. The molecule has 0 aliphatic rings. The zero-order valence-corrected chi connectivity index (χ0v) is 12.2. The van der Waals surface area contributed by atoms with E-state index in [1.807, 2.05) is 6.07 Å². The minimum absolute atomic E-state index is 0.0205. The quantitative estimate of drug-likeness (QED) is 0.789. The van der Waals surface area contributed by atoms with E-state index >= 15 is 0 Å². The summed E-state index contributed by atoms with van der Waals surface area (Å²) in [4.78, 5) is 9.04. The highest BCUT2D eigenvalue weighted by molar-refractivity contribution is 5.37. The van der Waals surface area contributed by atoms with Crippen molar-refractivity contribution in [2.75, 3.05) is 18.5 Å². The van der Waals surface area contributed by atoms with E-state index in [2.05, 4.69) is 49.9 Å². The van der Waals surface area contributed by atoms with Gasteiger partial charge in [-0.05, 0) is 13.3 Å². The van der Waals surface area contributed by atoms with Crippen LogP contribution < -0.4 is 5.32 Å². The second kappa shape index (κ2) is 6.69. The van der Waals surface area contributed by atoms with Gasteiger partial charge < -0.3 is 10.1 Å². The lowest BCUT2D eigenvalue weighted by Crippen LogP contribution is -2.17. The van der Waals surface area contributed by atoms with Gasteiger partial charge in [0.2, 0.25) is 0 Å². The summed E-state index contributed by atoms with van der Waals surface area (Å²) in [6.45, 7) is 12.7. The van der Waals surface area contributed by atoms with Crippen molar-refractivity contribution in [2.45, 2.75) is 53.1 Å². The minimum Gasteiger partial charge on any atom is -0.373 e. The number of nitrogens with zero attached hydrogens (tertiary/aromatic N) is 2. The first-order valence-corrected chi connectivity index (χ1v) is 6.67. The number of nitrogens with one attached hydrogen (secondary N) is 1. The molecule has 0 aromatic carbocycles. The molecule has 4 nitrogen and oxygen atoms in total. The molecule has 0 amide bonds. The Kier molecular flexibility index (Phi) is 5.54. The Balaban J connectivity index is 2.91. The standard InChI is InChI=1S/C14H25N3O/c1-6-8-18-10-13-16-11(14(3,4)5)9-12(17-13)15-7-2/h9H,6-8,10H2,1-5H3,(H,15,16,17). The van der Waals surface area contributed by atoms with Gasteiger partial charge in [-0.15, -0.1) is 0 Å². The molecule has 0 aliphatic heterocycles. The van der Waals surface area contributed by atoms with E-state index < -0.39 is 0 Å². The maximum atomic E-state index is 5.52. The summed E-state index contributed by atoms with van der Waals surface area (Å²) in [7, 11) is 0. The van der Waals surface area contributed by atoms with Crippen LogP contribution in [0.15, 0.2) is 6.07 Å². The topological polar surface area (TPSA) is 47.0 Å². The summed E-state index contributed by atoms with van der Waals surface area (Å²) in [5, 5.41) is 3.24. The van der Waals surface area contributed by atoms with Gasteiger partial charge in [0.15, 0.2) is 5.82 Å². The average Bonchev–Trinajstić information content (AvgIpc) is 2.28. The molecule has 0 saturated carbocycles. The summed E-state index contributed by atoms with van der Waals surface area (Å²) >= 11 is 0. The number of hydrogen-bond acceptors (Lipinski definition) is 4. The monoisotopic (exact) mass is 251 g/mol. The van der Waals surface area contributed by atoms with Crippen LogP contribution in [-0.2, 0) is 16.8 Å². The van der Waals surface area contributed by atoms with Gasteiger partial charge in [-0.3, -0.25) is 0 Å². The summed E-state index contributed by atoms with van der Waals surface area (Å²) < 4.78 is 5.52. The molecule has 0 unspecified atom stereocenters. The highest BCUT2D eigenvalue weighted by Crippen LogP contribution is 2.22. The second-order valence-corrected chi connectivity index (χ2v) is 5.39. The first-order valence-electron chi connectivity index (χ1n) is 6.67. The van der Waals surface area contributed by atoms with Gasteiger partial charge in [0.25, 0.3) is 0 Å². The van der Waals surface area contributed by atoms with E-state index in [1.54, 1.807) is 0 Å². The third kappa shape index (κ3) is 4.61. The van der Waals surface area contributed by atoms with Crippen molar-refractivity contribution in [3.63, 3.8) is 0 Å². The Morgan fingerprint density at radius 2 is 1.94 bits per heavy atom. The van der Waals surface area contributed by atoms with Crippen molar-refractivity contribution in [3.8, 4) is 0 Å². The summed E-state index contributed by atoms with van der Waals surface area (Å²) in [6.07, 6.45) is 1.01. The SMILES string of the molecule is CCCOCc1nc(NCC)cc(C(C)(C)C)n1. The zero-order chi connectivity index (χ0) is 13.6. The van der Waals surface area contributed by atoms with Gasteiger partial charge in [-0.2, -0.15) is 0 Å². The van der Waals surface area contributed by atoms with Crippen molar-refractivity contribution < 1.29 is 4.74 Å². The fourth-order valence-corrected chi connectivity index (χ4v) is 1.53. The molecule has 1 heterocycles. The van der Waals surface area contributed by atoms with Gasteiger partial charge in [-0.1, -0.05) is 27.7 Å². The Morgan fingerprint density at radius 3 is 2.50 bits per heavy atom. The highest BCUT2D eigenvalue weighted by Gasteiger charge is 2.17. The summed E-state index contributed by atoms with van der Waals surface area (Å²) in [5.74, 6) is 1.64. The van der Waals surface area contributed by atoms with Crippen LogP contribution in [0.1, 0.15) is 52.6 Å². The maximum absolute atomic E-state index is 5.52. The number of rotatable bonds is 6. The van der Waals surface area contributed by atoms with Crippen molar-refractivity contribution in [1.29, 1.82) is 0 Å². The molecule has 18 heavy (non-hydrogen) atoms. The van der Waals surface area contributed by atoms with Gasteiger partial charge in [0.05, 0.1) is 5.69 Å². The molecule has 102 valence electrons. The summed E-state index contributed by atoms with van der Waals surface area (Å²) in [6, 6.07) is 2.02. The molecule has 0 fully saturated rings. The lowest BCUT2D eigenvalue weighted by Gasteiger charge is -2.19. The van der Waals surface area contributed by atoms with Crippen LogP contribution in [0.5, 0.6) is 0 Å². The van der Waals surface area contributed by atoms with Crippen molar-refractivity contribution >= 4 is 5.82 Å². The zero-order valence-electron chi connectivity index (χ0n) is 12.2. The maximum Gasteiger partial charge on any atom is 0.156 e. The van der Waals surface area contributed by atoms with E-state index in [0.29, 0.717) is 6.61 Å². The second-order valence-electron chi connectivity index (χ2n) is 5.39. The van der Waals surface area contributed by atoms with Gasteiger partial charge in [-0.25, -0.2) is 9.97 Å². The summed E-state index contributed by atoms with van der Waals surface area (Å²) in [5.41, 5.74) is 1.07. The molecular weight excluding hydrogens is 226 g/mol. The van der Waals surface area contributed by atoms with Crippen molar-refractivity contribution in [2.24, 2.45) is 0 Å². The van der Waals surface area contributed by atoms with Crippen LogP contribution in [0, 0.1) is 0 Å². The molecule has 0 bridgehead atoms. The van der Waals surface area contributed by atoms with E-state index in [0.717, 1.165) is 36.9 Å². The number of aromatic nitrogens is 2. The third-order valence-corrected chi connectivity index (χ3v) is 2.48. The van der Waals surface area contributed by atoms with Crippen LogP contribution in [0.3, 0.4) is 0 Å². The van der Waals surface area contributed by atoms with Crippen molar-refractivity contribution in [1.82, 2.24) is 9.97 Å². The molecule has 1 aromatic heterocycles.